The second-order valence-corrected chi connectivity index (χ2v) is 1.84. The lowest BCUT2D eigenvalue weighted by molar-refractivity contribution is 0.992. The van der Waals surface area contributed by atoms with Gasteiger partial charge in [-0.05, 0) is 11.3 Å². The van der Waals surface area contributed by atoms with E-state index >= 15 is 0 Å². The Balaban J connectivity index is 0. The third-order valence-corrected chi connectivity index (χ3v) is 1.05. The highest BCUT2D eigenvalue weighted by molar-refractivity contribution is 9.12. The maximum atomic E-state index is 5.35. The van der Waals surface area contributed by atoms with Gasteiger partial charge in [0.25, 0.3) is 0 Å². The summed E-state index contributed by atoms with van der Waals surface area (Å²) in [6.45, 7) is 0. The predicted octanol–water partition coefficient (Wildman–Crippen LogP) is 1.45. The third-order valence-electron chi connectivity index (χ3n) is 0.502. The van der Waals surface area contributed by atoms with Gasteiger partial charge in [-0.1, -0.05) is 5.92 Å². The summed E-state index contributed by atoms with van der Waals surface area (Å²) in [6, 6.07) is 0. The van der Waals surface area contributed by atoms with Crippen LogP contribution in [-0.2, 0) is 0 Å². The molecule has 0 N–H and O–H groups in total. The Morgan fingerprint density at radius 2 is 2.12 bits per heavy atom. The van der Waals surface area contributed by atoms with Crippen LogP contribution in [0.5, 0.6) is 0 Å². The van der Waals surface area contributed by atoms with Crippen molar-refractivity contribution in [2.45, 2.75) is 12.8 Å². The molecule has 0 unspecified atom stereocenters. The first-order valence-electron chi connectivity index (χ1n) is 2.06. The zero-order valence-electron chi connectivity index (χ0n) is 3.88. The number of hydrogen-bond donors (Lipinski definition) is 0. The molecule has 0 amide bonds. The lowest BCUT2D eigenvalue weighted by Crippen LogP contribution is -1.68. The summed E-state index contributed by atoms with van der Waals surface area (Å²) < 4.78 is 0. The summed E-state index contributed by atoms with van der Waals surface area (Å²) in [5, 5.41) is 0. The van der Waals surface area contributed by atoms with Gasteiger partial charge in [-0.25, -0.2) is 0 Å². The number of hydrogen-bond acceptors (Lipinski definition) is 0. The number of halogens is 2. The highest BCUT2D eigenvalue weighted by atomic mass is 79.9. The second kappa shape index (κ2) is 11.0. The summed E-state index contributed by atoms with van der Waals surface area (Å²) in [4.78, 5) is 2.61. The molecular formula is C5H8BrClMg. The van der Waals surface area contributed by atoms with Crippen LogP contribution in [0.2, 0.25) is 0 Å². The maximum Gasteiger partial charge on any atom is 0.316 e. The van der Waals surface area contributed by atoms with Crippen molar-refractivity contribution < 1.29 is 0 Å². The van der Waals surface area contributed by atoms with E-state index in [0.717, 1.165) is 12.8 Å². The molecule has 0 spiro atoms. The van der Waals surface area contributed by atoms with Gasteiger partial charge in [0.15, 0.2) is 0 Å². The molecule has 0 aromatic carbocycles. The van der Waals surface area contributed by atoms with Crippen molar-refractivity contribution in [1.29, 1.82) is 0 Å². The average Bonchev–Trinajstić information content (AvgIpc) is 1.69. The first kappa shape index (κ1) is 11.8. The van der Waals surface area contributed by atoms with Gasteiger partial charge in [-0.15, -0.1) is 11.6 Å². The van der Waals surface area contributed by atoms with E-state index in [1.54, 1.807) is 0 Å². The summed E-state index contributed by atoms with van der Waals surface area (Å²) in [5.74, 6) is 3.54. The van der Waals surface area contributed by atoms with Gasteiger partial charge >= 0.3 is 23.1 Å². The van der Waals surface area contributed by atoms with Crippen molar-refractivity contribution in [1.82, 2.24) is 0 Å². The van der Waals surface area contributed by atoms with E-state index < -0.39 is 0 Å². The summed E-state index contributed by atoms with van der Waals surface area (Å²) in [6.07, 6.45) is 1.88. The van der Waals surface area contributed by atoms with Crippen LogP contribution >= 0.6 is 27.5 Å². The Labute approximate surface area is 79.6 Å². The Bertz CT molecular complexity index is 84.2. The smallest absolute Gasteiger partial charge is 0.127 e. The Hall–Kier alpha value is 1.10. The van der Waals surface area contributed by atoms with E-state index in [0.29, 0.717) is 5.88 Å². The average molecular weight is 208 g/mol. The number of unbranched alkanes of at least 4 members (excludes halogenated alkanes) is 1. The maximum absolute atomic E-state index is 5.35. The lowest BCUT2D eigenvalue weighted by atomic mass is 10.4. The van der Waals surface area contributed by atoms with E-state index in [1.165, 1.54) is 0 Å². The highest BCUT2D eigenvalue weighted by Crippen LogP contribution is 1.88. The quantitative estimate of drug-likeness (QED) is 0.278. The summed E-state index contributed by atoms with van der Waals surface area (Å²) in [5.41, 5.74) is 0. The van der Waals surface area contributed by atoms with Crippen molar-refractivity contribution in [2.75, 3.05) is 5.88 Å². The first-order valence-corrected chi connectivity index (χ1v) is 3.39. The van der Waals surface area contributed by atoms with Crippen molar-refractivity contribution in [2.24, 2.45) is 0 Å². The van der Waals surface area contributed by atoms with Gasteiger partial charge in [-0.2, -0.15) is 0 Å². The van der Waals surface area contributed by atoms with Crippen molar-refractivity contribution in [3.8, 4) is 10.8 Å². The summed E-state index contributed by atoms with van der Waals surface area (Å²) >= 11 is 8.33. The molecule has 8 heavy (non-hydrogen) atoms. The zero-order chi connectivity index (χ0) is 5.54. The van der Waals surface area contributed by atoms with Gasteiger partial charge < -0.3 is 0 Å². The van der Waals surface area contributed by atoms with Crippen LogP contribution in [0.3, 0.4) is 0 Å². The molecule has 0 aliphatic rings. The van der Waals surface area contributed by atoms with Crippen molar-refractivity contribution >= 4 is 50.6 Å². The van der Waals surface area contributed by atoms with Gasteiger partial charge in [0.2, 0.25) is 0 Å². The van der Waals surface area contributed by atoms with Crippen LogP contribution in [0.15, 0.2) is 0 Å². The first-order chi connectivity index (χ1) is 3.41. The van der Waals surface area contributed by atoms with Crippen LogP contribution < -0.4 is 0 Å². The molecule has 0 atom stereocenters. The van der Waals surface area contributed by atoms with Crippen LogP contribution in [0.4, 0.5) is 0 Å². The zero-order valence-corrected chi connectivity index (χ0v) is 6.22. The van der Waals surface area contributed by atoms with Crippen molar-refractivity contribution in [3.05, 3.63) is 0 Å². The molecular weight excluding hydrogens is 200 g/mol. The molecule has 0 nitrogen and oxygen atoms in total. The number of rotatable bonds is 2. The predicted molar refractivity (Wildman–Crippen MR) is 45.2 cm³/mol. The SMILES string of the molecule is ClCCCC#CBr.[MgH2]. The molecule has 0 saturated heterocycles. The highest BCUT2D eigenvalue weighted by Gasteiger charge is 1.74. The minimum Gasteiger partial charge on any atom is -0.127 e. The molecule has 0 bridgehead atoms. The fraction of sp³-hybridized carbons (Fsp3) is 0.600. The van der Waals surface area contributed by atoms with E-state index in [9.17, 15) is 0 Å². The summed E-state index contributed by atoms with van der Waals surface area (Å²) in [7, 11) is 0. The largest absolute Gasteiger partial charge is 0.316 e. The topological polar surface area (TPSA) is 0 Å². The van der Waals surface area contributed by atoms with E-state index in [1.807, 2.05) is 0 Å². The lowest BCUT2D eigenvalue weighted by Gasteiger charge is -1.78. The van der Waals surface area contributed by atoms with Crippen molar-refractivity contribution in [3.63, 3.8) is 0 Å². The molecule has 0 fully saturated rings. The van der Waals surface area contributed by atoms with Gasteiger partial charge in [0.1, 0.15) is 0 Å². The number of alkyl halides is 1. The normalized spacial score (nSPS) is 6.25. The Morgan fingerprint density at radius 3 is 2.50 bits per heavy atom. The molecule has 0 aromatic heterocycles. The standard InChI is InChI=1S/C5H6BrCl.Mg.2H/c6-4-2-1-3-5-7;;;/h1,3,5H2;;;. The minimum atomic E-state index is 0. The Morgan fingerprint density at radius 1 is 1.50 bits per heavy atom. The third kappa shape index (κ3) is 10.2. The van der Waals surface area contributed by atoms with E-state index in [2.05, 4.69) is 26.7 Å². The van der Waals surface area contributed by atoms with Gasteiger partial charge in [0.05, 0.1) is 0 Å². The van der Waals surface area contributed by atoms with Gasteiger partial charge in [0, 0.05) is 28.2 Å². The fourth-order valence-electron chi connectivity index (χ4n) is 0.202. The molecule has 0 aliphatic heterocycles. The molecule has 44 valence electrons. The second-order valence-electron chi connectivity index (χ2n) is 1.06. The fourth-order valence-corrected chi connectivity index (χ4v) is 0.534. The van der Waals surface area contributed by atoms with Crippen LogP contribution in [-0.4, -0.2) is 28.9 Å². The van der Waals surface area contributed by atoms with Gasteiger partial charge in [-0.3, -0.25) is 0 Å². The minimum absolute atomic E-state index is 0. The molecule has 0 rings (SSSR count). The molecule has 0 radical (unpaired) electrons. The van der Waals surface area contributed by atoms with Crippen LogP contribution in [0.1, 0.15) is 12.8 Å². The Kier molecular flexibility index (Phi) is 16.2. The molecule has 0 aliphatic carbocycles. The monoisotopic (exact) mass is 206 g/mol. The van der Waals surface area contributed by atoms with Crippen LogP contribution in [0, 0.1) is 10.8 Å². The van der Waals surface area contributed by atoms with E-state index in [4.69, 9.17) is 11.6 Å². The molecule has 0 heterocycles. The molecule has 3 heteroatoms. The molecule has 0 aromatic rings. The van der Waals surface area contributed by atoms with E-state index in [-0.39, 0.29) is 23.1 Å². The van der Waals surface area contributed by atoms with Crippen LogP contribution in [0.25, 0.3) is 0 Å². The molecule has 0 saturated carbocycles.